The van der Waals surface area contributed by atoms with E-state index in [0.29, 0.717) is 12.1 Å². The third-order valence-corrected chi connectivity index (χ3v) is 4.33. The van der Waals surface area contributed by atoms with Crippen molar-refractivity contribution in [1.82, 2.24) is 4.90 Å². The number of primary sulfonamides is 1. The van der Waals surface area contributed by atoms with Crippen molar-refractivity contribution in [2.24, 2.45) is 5.14 Å². The summed E-state index contributed by atoms with van der Waals surface area (Å²) in [5, 5.41) is 8.33. The van der Waals surface area contributed by atoms with Crippen LogP contribution in [0.2, 0.25) is 0 Å². The molecule has 120 valence electrons. The van der Waals surface area contributed by atoms with E-state index in [0.717, 1.165) is 18.8 Å². The number of nitrogens with one attached hydrogen (secondary N) is 1. The van der Waals surface area contributed by atoms with Crippen molar-refractivity contribution < 1.29 is 8.42 Å². The molecule has 0 aliphatic rings. The summed E-state index contributed by atoms with van der Waals surface area (Å²) in [6.45, 7) is 10.3. The highest BCUT2D eigenvalue weighted by Gasteiger charge is 2.14. The molecule has 6 nitrogen and oxygen atoms in total. The molecule has 0 aliphatic heterocycles. The summed E-state index contributed by atoms with van der Waals surface area (Å²) in [5.41, 5.74) is 6.67. The molecular formula is C14H26N4O2S. The van der Waals surface area contributed by atoms with E-state index in [1.165, 1.54) is 6.07 Å². The fourth-order valence-electron chi connectivity index (χ4n) is 2.36. The molecule has 1 aromatic carbocycles. The molecule has 0 atom stereocenters. The van der Waals surface area contributed by atoms with Gasteiger partial charge in [-0.15, -0.1) is 0 Å². The van der Waals surface area contributed by atoms with E-state index in [1.54, 1.807) is 12.1 Å². The maximum absolute atomic E-state index is 11.3. The first-order chi connectivity index (χ1) is 9.62. The zero-order chi connectivity index (χ0) is 16.2. The lowest BCUT2D eigenvalue weighted by Crippen LogP contribution is -2.40. The summed E-state index contributed by atoms with van der Waals surface area (Å²) < 4.78 is 22.6. The molecule has 0 saturated heterocycles. The lowest BCUT2D eigenvalue weighted by atomic mass is 10.2. The van der Waals surface area contributed by atoms with E-state index < -0.39 is 10.0 Å². The van der Waals surface area contributed by atoms with E-state index in [-0.39, 0.29) is 10.6 Å². The Morgan fingerprint density at radius 1 is 1.19 bits per heavy atom. The van der Waals surface area contributed by atoms with E-state index in [2.05, 4.69) is 37.9 Å². The van der Waals surface area contributed by atoms with Crippen LogP contribution in [-0.4, -0.2) is 38.5 Å². The van der Waals surface area contributed by atoms with Gasteiger partial charge in [0.2, 0.25) is 10.0 Å². The average Bonchev–Trinajstić information content (AvgIpc) is 2.32. The lowest BCUT2D eigenvalue weighted by molar-refractivity contribution is 0.182. The van der Waals surface area contributed by atoms with Crippen molar-refractivity contribution in [3.8, 4) is 0 Å². The molecule has 0 unspecified atom stereocenters. The molecule has 0 radical (unpaired) electrons. The summed E-state index contributed by atoms with van der Waals surface area (Å²) in [7, 11) is -3.77. The Morgan fingerprint density at radius 2 is 1.76 bits per heavy atom. The van der Waals surface area contributed by atoms with Crippen molar-refractivity contribution in [2.75, 3.05) is 24.1 Å². The summed E-state index contributed by atoms with van der Waals surface area (Å²) in [6, 6.07) is 5.64. The van der Waals surface area contributed by atoms with Gasteiger partial charge in [0.05, 0.1) is 5.69 Å². The van der Waals surface area contributed by atoms with Crippen molar-refractivity contribution in [3.63, 3.8) is 0 Å². The Kier molecular flexibility index (Phi) is 6.00. The van der Waals surface area contributed by atoms with Crippen molar-refractivity contribution in [1.29, 1.82) is 0 Å². The van der Waals surface area contributed by atoms with Gasteiger partial charge in [-0.05, 0) is 45.9 Å². The SMILES string of the molecule is CC(C)N(CCNc1ccc(S(N)(=O)=O)c(N)c1)C(C)C. The van der Waals surface area contributed by atoms with Crippen LogP contribution in [0.3, 0.4) is 0 Å². The van der Waals surface area contributed by atoms with Crippen LogP contribution in [0.25, 0.3) is 0 Å². The maximum Gasteiger partial charge on any atom is 0.240 e. The van der Waals surface area contributed by atoms with Gasteiger partial charge in [-0.1, -0.05) is 0 Å². The number of nitrogen functional groups attached to an aromatic ring is 1. The molecule has 0 amide bonds. The topological polar surface area (TPSA) is 101 Å². The largest absolute Gasteiger partial charge is 0.398 e. The molecule has 7 heteroatoms. The van der Waals surface area contributed by atoms with Crippen LogP contribution in [-0.2, 0) is 10.0 Å². The van der Waals surface area contributed by atoms with Crippen LogP contribution in [0.4, 0.5) is 11.4 Å². The third-order valence-electron chi connectivity index (χ3n) is 3.34. The van der Waals surface area contributed by atoms with Gasteiger partial charge in [-0.25, -0.2) is 13.6 Å². The average molecular weight is 314 g/mol. The minimum Gasteiger partial charge on any atom is -0.398 e. The second kappa shape index (κ2) is 7.11. The maximum atomic E-state index is 11.3. The van der Waals surface area contributed by atoms with Gasteiger partial charge in [0.1, 0.15) is 4.90 Å². The van der Waals surface area contributed by atoms with Crippen molar-refractivity contribution in [3.05, 3.63) is 18.2 Å². The van der Waals surface area contributed by atoms with Crippen molar-refractivity contribution in [2.45, 2.75) is 44.7 Å². The summed E-state index contributed by atoms with van der Waals surface area (Å²) >= 11 is 0. The molecule has 0 aliphatic carbocycles. The van der Waals surface area contributed by atoms with E-state index in [4.69, 9.17) is 10.9 Å². The van der Waals surface area contributed by atoms with Gasteiger partial charge in [0.15, 0.2) is 0 Å². The Bertz CT molecular complexity index is 562. The molecule has 1 rings (SSSR count). The van der Waals surface area contributed by atoms with Crippen molar-refractivity contribution >= 4 is 21.4 Å². The number of nitrogens with zero attached hydrogens (tertiary/aromatic N) is 1. The number of hydrogen-bond acceptors (Lipinski definition) is 5. The van der Waals surface area contributed by atoms with Gasteiger partial charge < -0.3 is 11.1 Å². The predicted molar refractivity (Wildman–Crippen MR) is 87.7 cm³/mol. The summed E-state index contributed by atoms with van der Waals surface area (Å²) in [5.74, 6) is 0. The molecular weight excluding hydrogens is 288 g/mol. The molecule has 21 heavy (non-hydrogen) atoms. The molecule has 0 fully saturated rings. The Labute approximate surface area is 127 Å². The van der Waals surface area contributed by atoms with Gasteiger partial charge in [0.25, 0.3) is 0 Å². The molecule has 0 aromatic heterocycles. The Morgan fingerprint density at radius 3 is 2.19 bits per heavy atom. The summed E-state index contributed by atoms with van der Waals surface area (Å²) in [4.78, 5) is 2.33. The molecule has 5 N–H and O–H groups in total. The molecule has 1 aromatic rings. The van der Waals surface area contributed by atoms with Crippen LogP contribution in [0, 0.1) is 0 Å². The highest BCUT2D eigenvalue weighted by molar-refractivity contribution is 7.89. The normalized spacial score (nSPS) is 12.4. The van der Waals surface area contributed by atoms with Crippen LogP contribution in [0.1, 0.15) is 27.7 Å². The zero-order valence-electron chi connectivity index (χ0n) is 13.1. The number of anilines is 2. The molecule has 0 bridgehead atoms. The second-order valence-electron chi connectivity index (χ2n) is 5.65. The molecule has 0 heterocycles. The first-order valence-corrected chi connectivity index (χ1v) is 8.59. The zero-order valence-corrected chi connectivity index (χ0v) is 13.9. The standard InChI is InChI=1S/C14H26N4O2S/c1-10(2)18(11(3)4)8-7-17-12-5-6-14(13(15)9-12)21(16,19)20/h5-6,9-11,17H,7-8,15H2,1-4H3,(H2,16,19,20). The fraction of sp³-hybridized carbons (Fsp3) is 0.571. The fourth-order valence-corrected chi connectivity index (χ4v) is 3.00. The highest BCUT2D eigenvalue weighted by Crippen LogP contribution is 2.21. The smallest absolute Gasteiger partial charge is 0.240 e. The minimum absolute atomic E-state index is 0.0426. The quantitative estimate of drug-likeness (QED) is 0.661. The predicted octanol–water partition coefficient (Wildman–Crippen LogP) is 1.45. The van der Waals surface area contributed by atoms with Gasteiger partial charge in [-0.3, -0.25) is 4.90 Å². The van der Waals surface area contributed by atoms with Crippen LogP contribution < -0.4 is 16.2 Å². The Hall–Kier alpha value is -1.31. The number of hydrogen-bond donors (Lipinski definition) is 3. The second-order valence-corrected chi connectivity index (χ2v) is 7.18. The number of benzene rings is 1. The number of sulfonamides is 1. The van der Waals surface area contributed by atoms with Gasteiger partial charge >= 0.3 is 0 Å². The van der Waals surface area contributed by atoms with E-state index >= 15 is 0 Å². The molecule has 0 spiro atoms. The van der Waals surface area contributed by atoms with E-state index in [9.17, 15) is 8.42 Å². The first-order valence-electron chi connectivity index (χ1n) is 7.05. The monoisotopic (exact) mass is 314 g/mol. The number of nitrogens with two attached hydrogens (primary N) is 2. The third kappa shape index (κ3) is 5.18. The lowest BCUT2D eigenvalue weighted by Gasteiger charge is -2.30. The van der Waals surface area contributed by atoms with E-state index in [1.807, 2.05) is 0 Å². The summed E-state index contributed by atoms with van der Waals surface area (Å²) in [6.07, 6.45) is 0. The Balaban J connectivity index is 2.67. The molecule has 0 saturated carbocycles. The van der Waals surface area contributed by atoms with Gasteiger partial charge in [-0.2, -0.15) is 0 Å². The highest BCUT2D eigenvalue weighted by atomic mass is 32.2. The first kappa shape index (κ1) is 17.7. The van der Waals surface area contributed by atoms with Crippen LogP contribution in [0.5, 0.6) is 0 Å². The number of rotatable bonds is 7. The minimum atomic E-state index is -3.77. The van der Waals surface area contributed by atoms with Crippen LogP contribution >= 0.6 is 0 Å². The van der Waals surface area contributed by atoms with Crippen LogP contribution in [0.15, 0.2) is 23.1 Å². The van der Waals surface area contributed by atoms with Gasteiger partial charge in [0, 0.05) is 30.9 Å².